The third-order valence-electron chi connectivity index (χ3n) is 5.25. The molecular formula is C23H20FN7O. The van der Waals surface area contributed by atoms with Crippen molar-refractivity contribution in [1.82, 2.24) is 30.0 Å². The van der Waals surface area contributed by atoms with Crippen molar-refractivity contribution in [1.29, 1.82) is 0 Å². The Morgan fingerprint density at radius 1 is 1.06 bits per heavy atom. The van der Waals surface area contributed by atoms with E-state index < -0.39 is 0 Å². The molecule has 0 saturated heterocycles. The third kappa shape index (κ3) is 3.87. The third-order valence-corrected chi connectivity index (χ3v) is 5.25. The molecule has 0 atom stereocenters. The van der Waals surface area contributed by atoms with E-state index in [2.05, 4.69) is 30.7 Å². The Hall–Kier alpha value is -4.27. The van der Waals surface area contributed by atoms with Crippen LogP contribution in [0, 0.1) is 5.82 Å². The van der Waals surface area contributed by atoms with Crippen LogP contribution in [0.1, 0.15) is 15.9 Å². The highest BCUT2D eigenvalue weighted by molar-refractivity contribution is 6.06. The minimum absolute atomic E-state index is 0.143. The van der Waals surface area contributed by atoms with Crippen molar-refractivity contribution in [2.75, 3.05) is 11.9 Å². The molecule has 5 rings (SSSR count). The van der Waals surface area contributed by atoms with Gasteiger partial charge in [-0.25, -0.2) is 19.0 Å². The molecule has 9 heteroatoms. The normalized spacial score (nSPS) is 11.2. The van der Waals surface area contributed by atoms with Gasteiger partial charge in [0.25, 0.3) is 5.91 Å². The molecule has 0 aliphatic heterocycles. The van der Waals surface area contributed by atoms with Gasteiger partial charge in [0, 0.05) is 30.2 Å². The lowest BCUT2D eigenvalue weighted by molar-refractivity contribution is 0.0953. The number of amides is 1. The van der Waals surface area contributed by atoms with Gasteiger partial charge in [0.05, 0.1) is 23.7 Å². The Labute approximate surface area is 182 Å². The van der Waals surface area contributed by atoms with Gasteiger partial charge >= 0.3 is 0 Å². The summed E-state index contributed by atoms with van der Waals surface area (Å²) in [6.45, 7) is 1.36. The molecule has 8 nitrogen and oxygen atoms in total. The second-order valence-corrected chi connectivity index (χ2v) is 7.31. The highest BCUT2D eigenvalue weighted by atomic mass is 19.1. The number of anilines is 1. The Morgan fingerprint density at radius 3 is 2.78 bits per heavy atom. The first-order chi connectivity index (χ1) is 15.7. The van der Waals surface area contributed by atoms with E-state index in [0.29, 0.717) is 36.7 Å². The van der Waals surface area contributed by atoms with Crippen molar-refractivity contribution in [2.24, 2.45) is 0 Å². The molecular weight excluding hydrogens is 409 g/mol. The Balaban J connectivity index is 1.24. The quantitative estimate of drug-likeness (QED) is 0.368. The van der Waals surface area contributed by atoms with Gasteiger partial charge in [0.2, 0.25) is 0 Å². The van der Waals surface area contributed by atoms with E-state index in [0.717, 1.165) is 21.9 Å². The van der Waals surface area contributed by atoms with Crippen LogP contribution in [-0.2, 0) is 13.1 Å². The van der Waals surface area contributed by atoms with E-state index in [9.17, 15) is 9.18 Å². The summed E-state index contributed by atoms with van der Waals surface area (Å²) < 4.78 is 14.8. The largest absolute Gasteiger partial charge is 0.365 e. The maximum atomic E-state index is 13.1. The van der Waals surface area contributed by atoms with Crippen LogP contribution < -0.4 is 10.6 Å². The number of nitrogens with one attached hydrogen (secondary N) is 3. The zero-order valence-electron chi connectivity index (χ0n) is 17.0. The monoisotopic (exact) mass is 429 g/mol. The molecule has 0 aliphatic carbocycles. The topological polar surface area (TPSA) is 101 Å². The highest BCUT2D eigenvalue weighted by Gasteiger charge is 2.13. The molecule has 160 valence electrons. The molecule has 0 aliphatic rings. The number of hydrogen-bond acceptors (Lipinski definition) is 5. The van der Waals surface area contributed by atoms with Crippen molar-refractivity contribution in [3.05, 3.63) is 84.2 Å². The minimum atomic E-state index is -0.267. The van der Waals surface area contributed by atoms with E-state index >= 15 is 0 Å². The summed E-state index contributed by atoms with van der Waals surface area (Å²) in [5.41, 5.74) is 3.14. The van der Waals surface area contributed by atoms with E-state index in [1.165, 1.54) is 18.5 Å². The van der Waals surface area contributed by atoms with E-state index in [1.54, 1.807) is 29.2 Å². The second kappa shape index (κ2) is 8.46. The molecule has 2 aromatic carbocycles. The van der Waals surface area contributed by atoms with Crippen LogP contribution in [0.4, 0.5) is 10.2 Å². The van der Waals surface area contributed by atoms with Gasteiger partial charge < -0.3 is 15.6 Å². The molecule has 32 heavy (non-hydrogen) atoms. The first-order valence-electron chi connectivity index (χ1n) is 10.2. The number of carbonyl (C=O) groups is 1. The summed E-state index contributed by atoms with van der Waals surface area (Å²) in [5, 5.41) is 12.2. The smallest absolute Gasteiger partial charge is 0.253 e. The number of nitrogens with zero attached hydrogens (tertiary/aromatic N) is 4. The average Bonchev–Trinajstić information content (AvgIpc) is 3.43. The molecule has 3 heterocycles. The molecule has 0 bridgehead atoms. The number of carbonyl (C=O) groups excluding carboxylic acids is 1. The standard InChI is InChI=1S/C23H20FN7O/c24-16-7-5-15(6-8-16)11-27-21-19-13-30-31(22(19)29-14-28-21)10-9-25-23(32)18-12-26-20-4-2-1-3-17(18)20/h1-8,12-14,26H,9-11H2,(H,25,32)(H,27,28,29). The van der Waals surface area contributed by atoms with E-state index in [4.69, 9.17) is 0 Å². The van der Waals surface area contributed by atoms with E-state index in [-0.39, 0.29) is 11.7 Å². The van der Waals surface area contributed by atoms with Crippen LogP contribution in [-0.4, -0.2) is 37.2 Å². The van der Waals surface area contributed by atoms with Crippen LogP contribution in [0.2, 0.25) is 0 Å². The molecule has 1 amide bonds. The molecule has 3 aromatic heterocycles. The van der Waals surface area contributed by atoms with Crippen LogP contribution >= 0.6 is 0 Å². The van der Waals surface area contributed by atoms with E-state index in [1.807, 2.05) is 24.3 Å². The molecule has 0 saturated carbocycles. The first kappa shape index (κ1) is 19.7. The van der Waals surface area contributed by atoms with Crippen LogP contribution in [0.3, 0.4) is 0 Å². The molecule has 5 aromatic rings. The maximum Gasteiger partial charge on any atom is 0.253 e. The lowest BCUT2D eigenvalue weighted by Crippen LogP contribution is -2.27. The van der Waals surface area contributed by atoms with Crippen LogP contribution in [0.25, 0.3) is 21.9 Å². The van der Waals surface area contributed by atoms with Crippen LogP contribution in [0.15, 0.2) is 67.3 Å². The SMILES string of the molecule is O=C(NCCn1ncc2c(NCc3ccc(F)cc3)ncnc21)c1c[nH]c2ccccc12. The number of fused-ring (bicyclic) bond motifs is 2. The molecule has 3 N–H and O–H groups in total. The molecule has 0 fully saturated rings. The van der Waals surface area contributed by atoms with Gasteiger partial charge in [-0.3, -0.25) is 4.79 Å². The number of para-hydroxylation sites is 1. The van der Waals surface area contributed by atoms with Crippen molar-refractivity contribution in [2.45, 2.75) is 13.1 Å². The summed E-state index contributed by atoms with van der Waals surface area (Å²) in [4.78, 5) is 24.3. The van der Waals surface area contributed by atoms with Gasteiger partial charge in [0.15, 0.2) is 5.65 Å². The van der Waals surface area contributed by atoms with Gasteiger partial charge in [0.1, 0.15) is 18.0 Å². The Morgan fingerprint density at radius 2 is 1.91 bits per heavy atom. The van der Waals surface area contributed by atoms with Gasteiger partial charge in [-0.15, -0.1) is 0 Å². The van der Waals surface area contributed by atoms with Crippen molar-refractivity contribution >= 4 is 33.7 Å². The number of halogens is 1. The lowest BCUT2D eigenvalue weighted by atomic mass is 10.1. The fourth-order valence-electron chi connectivity index (χ4n) is 3.62. The minimum Gasteiger partial charge on any atom is -0.365 e. The fraction of sp³-hybridized carbons (Fsp3) is 0.130. The zero-order chi connectivity index (χ0) is 21.9. The van der Waals surface area contributed by atoms with Crippen molar-refractivity contribution in [3.63, 3.8) is 0 Å². The Kier molecular flexibility index (Phi) is 5.20. The highest BCUT2D eigenvalue weighted by Crippen LogP contribution is 2.20. The Bertz CT molecular complexity index is 1390. The number of benzene rings is 2. The average molecular weight is 429 g/mol. The van der Waals surface area contributed by atoms with Gasteiger partial charge in [-0.1, -0.05) is 30.3 Å². The summed E-state index contributed by atoms with van der Waals surface area (Å²) in [5.74, 6) is 0.236. The maximum absolute atomic E-state index is 13.1. The fourth-order valence-corrected chi connectivity index (χ4v) is 3.62. The number of rotatable bonds is 7. The number of aromatic amines is 1. The predicted octanol–water partition coefficient (Wildman–Crippen LogP) is 3.49. The van der Waals surface area contributed by atoms with Crippen LogP contribution in [0.5, 0.6) is 0 Å². The number of hydrogen-bond donors (Lipinski definition) is 3. The summed E-state index contributed by atoms with van der Waals surface area (Å²) >= 11 is 0. The van der Waals surface area contributed by atoms with Crippen molar-refractivity contribution in [3.8, 4) is 0 Å². The predicted molar refractivity (Wildman–Crippen MR) is 120 cm³/mol. The van der Waals surface area contributed by atoms with Gasteiger partial charge in [-0.2, -0.15) is 5.10 Å². The number of aromatic nitrogens is 5. The number of H-pyrrole nitrogens is 1. The summed E-state index contributed by atoms with van der Waals surface area (Å²) in [7, 11) is 0. The zero-order valence-corrected chi connectivity index (χ0v) is 17.0. The molecule has 0 spiro atoms. The molecule has 0 radical (unpaired) electrons. The molecule has 0 unspecified atom stereocenters. The first-order valence-corrected chi connectivity index (χ1v) is 10.2. The van der Waals surface area contributed by atoms with Crippen molar-refractivity contribution < 1.29 is 9.18 Å². The van der Waals surface area contributed by atoms with Gasteiger partial charge in [-0.05, 0) is 23.8 Å². The summed E-state index contributed by atoms with van der Waals surface area (Å²) in [6, 6.07) is 14.0. The summed E-state index contributed by atoms with van der Waals surface area (Å²) in [6.07, 6.45) is 4.89. The lowest BCUT2D eigenvalue weighted by Gasteiger charge is -2.08. The second-order valence-electron chi connectivity index (χ2n) is 7.31.